The van der Waals surface area contributed by atoms with Gasteiger partial charge in [0.2, 0.25) is 0 Å². The number of methoxy groups -OCH3 is 2. The number of nitrogens with zero attached hydrogens (tertiary/aromatic N) is 1. The first kappa shape index (κ1) is 19.5. The van der Waals surface area contributed by atoms with Crippen LogP contribution in [0, 0.1) is 0 Å². The highest BCUT2D eigenvalue weighted by atomic mass is 16.5. The van der Waals surface area contributed by atoms with E-state index in [2.05, 4.69) is 17.1 Å². The highest BCUT2D eigenvalue weighted by Crippen LogP contribution is 2.31. The number of rotatable bonds is 8. The summed E-state index contributed by atoms with van der Waals surface area (Å²) >= 11 is 0. The number of ether oxygens (including phenoxy) is 3. The van der Waals surface area contributed by atoms with E-state index in [0.29, 0.717) is 18.1 Å². The molecule has 3 rings (SSSR count). The van der Waals surface area contributed by atoms with E-state index >= 15 is 0 Å². The van der Waals surface area contributed by atoms with E-state index in [0.717, 1.165) is 22.4 Å². The van der Waals surface area contributed by atoms with Crippen molar-refractivity contribution in [3.63, 3.8) is 0 Å². The van der Waals surface area contributed by atoms with Gasteiger partial charge in [-0.25, -0.2) is 0 Å². The fourth-order valence-electron chi connectivity index (χ4n) is 2.82. The Balaban J connectivity index is 1.66. The van der Waals surface area contributed by atoms with Crippen LogP contribution in [0.4, 0.5) is 0 Å². The second-order valence-electron chi connectivity index (χ2n) is 6.42. The minimum absolute atomic E-state index is 0.00583. The van der Waals surface area contributed by atoms with Crippen LogP contribution in [0.1, 0.15) is 29.7 Å². The molecule has 0 aliphatic heterocycles. The highest BCUT2D eigenvalue weighted by Gasteiger charge is 2.09. The molecule has 0 aliphatic carbocycles. The molecule has 4 nitrogen and oxygen atoms in total. The molecule has 0 saturated heterocycles. The van der Waals surface area contributed by atoms with Crippen molar-refractivity contribution in [1.82, 2.24) is 0 Å². The molecule has 4 heteroatoms. The predicted molar refractivity (Wildman–Crippen MR) is 113 cm³/mol. The van der Waals surface area contributed by atoms with E-state index in [1.807, 2.05) is 73.8 Å². The van der Waals surface area contributed by atoms with Crippen molar-refractivity contribution in [2.45, 2.75) is 19.6 Å². The molecule has 0 N–H and O–H groups in total. The Morgan fingerprint density at radius 3 is 2.39 bits per heavy atom. The molecule has 1 unspecified atom stereocenters. The Hall–Kier alpha value is -3.27. The molecule has 0 aromatic heterocycles. The van der Waals surface area contributed by atoms with Crippen LogP contribution in [0.3, 0.4) is 0 Å². The van der Waals surface area contributed by atoms with E-state index in [4.69, 9.17) is 14.2 Å². The molecular weight excluding hydrogens is 350 g/mol. The average molecular weight is 375 g/mol. The van der Waals surface area contributed by atoms with Crippen LogP contribution in [0.25, 0.3) is 0 Å². The van der Waals surface area contributed by atoms with E-state index in [1.165, 1.54) is 0 Å². The Morgan fingerprint density at radius 1 is 0.857 bits per heavy atom. The van der Waals surface area contributed by atoms with Crippen LogP contribution in [-0.2, 0) is 6.61 Å². The van der Waals surface area contributed by atoms with Gasteiger partial charge in [0.1, 0.15) is 12.4 Å². The van der Waals surface area contributed by atoms with E-state index in [-0.39, 0.29) is 6.04 Å². The molecule has 0 saturated carbocycles. The molecule has 1 atom stereocenters. The van der Waals surface area contributed by atoms with Crippen molar-refractivity contribution < 1.29 is 14.2 Å². The summed E-state index contributed by atoms with van der Waals surface area (Å²) in [6, 6.07) is 23.9. The van der Waals surface area contributed by atoms with E-state index in [1.54, 1.807) is 14.2 Å². The van der Waals surface area contributed by atoms with Gasteiger partial charge >= 0.3 is 0 Å². The van der Waals surface area contributed by atoms with Crippen molar-refractivity contribution in [2.75, 3.05) is 14.2 Å². The standard InChI is InChI=1S/C24H25NO3/c1-18(21-12-13-23(26-2)24(15-21)27-3)25-16-20-10-7-11-22(14-20)28-17-19-8-5-4-6-9-19/h4-16,18H,17H2,1-3H3. The van der Waals surface area contributed by atoms with Crippen molar-refractivity contribution in [3.8, 4) is 17.2 Å². The van der Waals surface area contributed by atoms with Gasteiger partial charge < -0.3 is 14.2 Å². The Kier molecular flexibility index (Phi) is 6.68. The van der Waals surface area contributed by atoms with Gasteiger partial charge in [0.15, 0.2) is 11.5 Å². The average Bonchev–Trinajstić information content (AvgIpc) is 2.76. The molecule has 28 heavy (non-hydrogen) atoms. The zero-order valence-electron chi connectivity index (χ0n) is 16.5. The zero-order chi connectivity index (χ0) is 19.8. The van der Waals surface area contributed by atoms with Gasteiger partial charge in [-0.15, -0.1) is 0 Å². The zero-order valence-corrected chi connectivity index (χ0v) is 16.5. The Labute approximate surface area is 166 Å². The predicted octanol–water partition coefficient (Wildman–Crippen LogP) is 5.46. The largest absolute Gasteiger partial charge is 0.493 e. The van der Waals surface area contributed by atoms with Crippen molar-refractivity contribution >= 4 is 6.21 Å². The molecule has 0 spiro atoms. The maximum Gasteiger partial charge on any atom is 0.161 e. The minimum atomic E-state index is -0.00583. The maximum absolute atomic E-state index is 5.89. The number of aliphatic imine (C=N–C) groups is 1. The molecule has 0 aliphatic rings. The SMILES string of the molecule is COc1ccc(C(C)N=Cc2cccc(OCc3ccccc3)c2)cc1OC. The fourth-order valence-corrected chi connectivity index (χ4v) is 2.82. The van der Waals surface area contributed by atoms with Gasteiger partial charge in [-0.1, -0.05) is 48.5 Å². The molecule has 3 aromatic carbocycles. The van der Waals surface area contributed by atoms with Gasteiger partial charge in [-0.3, -0.25) is 4.99 Å². The smallest absolute Gasteiger partial charge is 0.161 e. The summed E-state index contributed by atoms with van der Waals surface area (Å²) in [5.41, 5.74) is 3.20. The lowest BCUT2D eigenvalue weighted by Gasteiger charge is -2.12. The summed E-state index contributed by atoms with van der Waals surface area (Å²) in [5, 5.41) is 0. The normalized spacial score (nSPS) is 12.0. The highest BCUT2D eigenvalue weighted by molar-refractivity contribution is 5.80. The Bertz CT molecular complexity index is 922. The summed E-state index contributed by atoms with van der Waals surface area (Å²) < 4.78 is 16.6. The lowest BCUT2D eigenvalue weighted by molar-refractivity contribution is 0.306. The second kappa shape index (κ2) is 9.60. The quantitative estimate of drug-likeness (QED) is 0.491. The second-order valence-corrected chi connectivity index (χ2v) is 6.42. The number of hydrogen-bond donors (Lipinski definition) is 0. The van der Waals surface area contributed by atoms with Gasteiger partial charge in [0, 0.05) is 6.21 Å². The first-order valence-corrected chi connectivity index (χ1v) is 9.21. The molecular formula is C24H25NO3. The molecule has 0 bridgehead atoms. The van der Waals surface area contributed by atoms with Crippen molar-refractivity contribution in [2.24, 2.45) is 4.99 Å². The summed E-state index contributed by atoms with van der Waals surface area (Å²) in [7, 11) is 3.27. The van der Waals surface area contributed by atoms with Crippen LogP contribution < -0.4 is 14.2 Å². The first-order valence-electron chi connectivity index (χ1n) is 9.21. The maximum atomic E-state index is 5.89. The summed E-state index contributed by atoms with van der Waals surface area (Å²) in [6.45, 7) is 2.59. The molecule has 0 radical (unpaired) electrons. The lowest BCUT2D eigenvalue weighted by Crippen LogP contribution is -1.97. The van der Waals surface area contributed by atoms with Crippen LogP contribution in [-0.4, -0.2) is 20.4 Å². The molecule has 144 valence electrons. The van der Waals surface area contributed by atoms with E-state index in [9.17, 15) is 0 Å². The van der Waals surface area contributed by atoms with Crippen molar-refractivity contribution in [3.05, 3.63) is 89.5 Å². The van der Waals surface area contributed by atoms with Gasteiger partial charge in [0.05, 0.1) is 20.3 Å². The van der Waals surface area contributed by atoms with Gasteiger partial charge in [0.25, 0.3) is 0 Å². The third kappa shape index (κ3) is 5.13. The number of benzene rings is 3. The summed E-state index contributed by atoms with van der Waals surface area (Å²) in [5.74, 6) is 2.25. The first-order chi connectivity index (χ1) is 13.7. The molecule has 0 fully saturated rings. The topological polar surface area (TPSA) is 40.0 Å². The van der Waals surface area contributed by atoms with Crippen LogP contribution >= 0.6 is 0 Å². The molecule has 0 amide bonds. The lowest BCUT2D eigenvalue weighted by atomic mass is 10.1. The summed E-state index contributed by atoms with van der Waals surface area (Å²) in [4.78, 5) is 4.68. The minimum Gasteiger partial charge on any atom is -0.493 e. The van der Waals surface area contributed by atoms with Gasteiger partial charge in [-0.2, -0.15) is 0 Å². The molecule has 3 aromatic rings. The van der Waals surface area contributed by atoms with Crippen LogP contribution in [0.5, 0.6) is 17.2 Å². The van der Waals surface area contributed by atoms with E-state index < -0.39 is 0 Å². The third-order valence-corrected chi connectivity index (χ3v) is 4.44. The Morgan fingerprint density at radius 2 is 1.64 bits per heavy atom. The fraction of sp³-hybridized carbons (Fsp3) is 0.208. The molecule has 0 heterocycles. The summed E-state index contributed by atoms with van der Waals surface area (Å²) in [6.07, 6.45) is 1.87. The van der Waals surface area contributed by atoms with Crippen LogP contribution in [0.2, 0.25) is 0 Å². The third-order valence-electron chi connectivity index (χ3n) is 4.44. The van der Waals surface area contributed by atoms with Crippen LogP contribution in [0.15, 0.2) is 77.8 Å². The van der Waals surface area contributed by atoms with Gasteiger partial charge in [-0.05, 0) is 47.9 Å². The van der Waals surface area contributed by atoms with Crippen molar-refractivity contribution in [1.29, 1.82) is 0 Å². The monoisotopic (exact) mass is 375 g/mol. The number of hydrogen-bond acceptors (Lipinski definition) is 4.